The van der Waals surface area contributed by atoms with E-state index in [2.05, 4.69) is 4.90 Å². The van der Waals surface area contributed by atoms with E-state index in [1.807, 2.05) is 0 Å². The van der Waals surface area contributed by atoms with Crippen LogP contribution >= 0.6 is 0 Å². The number of nitrogens with zero attached hydrogens (tertiary/aromatic N) is 1. The van der Waals surface area contributed by atoms with Gasteiger partial charge in [0.05, 0.1) is 0 Å². The molecule has 0 unspecified atom stereocenters. The van der Waals surface area contributed by atoms with Crippen LogP contribution in [0, 0.1) is 5.82 Å². The summed E-state index contributed by atoms with van der Waals surface area (Å²) in [5.74, 6) is 0.516. The van der Waals surface area contributed by atoms with Gasteiger partial charge < -0.3 is 4.74 Å². The van der Waals surface area contributed by atoms with Crippen LogP contribution in [0.3, 0.4) is 0 Å². The molecule has 2 nitrogen and oxygen atoms in total. The van der Waals surface area contributed by atoms with Gasteiger partial charge in [0.15, 0.2) is 0 Å². The molecule has 1 saturated heterocycles. The topological polar surface area (TPSA) is 12.5 Å². The molecule has 0 saturated carbocycles. The quantitative estimate of drug-likeness (QED) is 0.758. The third kappa shape index (κ3) is 3.20. The smallest absolute Gasteiger partial charge is 0.142 e. The largest absolute Gasteiger partial charge is 0.478 e. The van der Waals surface area contributed by atoms with Crippen molar-refractivity contribution in [3.63, 3.8) is 0 Å². The SMILES string of the molecule is Fc1ccc(OCN2CCCCC2)cc1. The lowest BCUT2D eigenvalue weighted by Gasteiger charge is -2.26. The van der Waals surface area contributed by atoms with Gasteiger partial charge in [0.25, 0.3) is 0 Å². The van der Waals surface area contributed by atoms with Gasteiger partial charge in [-0.2, -0.15) is 0 Å². The Kier molecular flexibility index (Phi) is 3.56. The van der Waals surface area contributed by atoms with Crippen molar-refractivity contribution < 1.29 is 9.13 Å². The number of hydrogen-bond acceptors (Lipinski definition) is 2. The Morgan fingerprint density at radius 1 is 1.07 bits per heavy atom. The normalized spacial score (nSPS) is 17.7. The van der Waals surface area contributed by atoms with Crippen molar-refractivity contribution in [1.82, 2.24) is 4.90 Å². The van der Waals surface area contributed by atoms with E-state index in [0.29, 0.717) is 6.73 Å². The predicted molar refractivity (Wildman–Crippen MR) is 57.3 cm³/mol. The molecule has 82 valence electrons. The third-order valence-corrected chi connectivity index (χ3v) is 2.68. The maximum Gasteiger partial charge on any atom is 0.142 e. The van der Waals surface area contributed by atoms with E-state index in [0.717, 1.165) is 18.8 Å². The molecular weight excluding hydrogens is 193 g/mol. The number of rotatable bonds is 3. The molecule has 0 radical (unpaired) electrons. The maximum atomic E-state index is 12.6. The minimum Gasteiger partial charge on any atom is -0.478 e. The van der Waals surface area contributed by atoms with E-state index in [9.17, 15) is 4.39 Å². The first-order valence-corrected chi connectivity index (χ1v) is 5.45. The summed E-state index contributed by atoms with van der Waals surface area (Å²) in [5, 5.41) is 0. The first-order valence-electron chi connectivity index (χ1n) is 5.45. The van der Waals surface area contributed by atoms with Crippen LogP contribution in [0.15, 0.2) is 24.3 Å². The first kappa shape index (κ1) is 10.4. The molecule has 1 heterocycles. The summed E-state index contributed by atoms with van der Waals surface area (Å²) < 4.78 is 18.2. The fourth-order valence-corrected chi connectivity index (χ4v) is 1.79. The average Bonchev–Trinajstić information content (AvgIpc) is 2.30. The molecule has 1 aromatic carbocycles. The highest BCUT2D eigenvalue weighted by Crippen LogP contribution is 2.13. The molecule has 1 aliphatic rings. The van der Waals surface area contributed by atoms with Gasteiger partial charge in [-0.3, -0.25) is 4.90 Å². The number of ether oxygens (including phenoxy) is 1. The minimum atomic E-state index is -0.222. The summed E-state index contributed by atoms with van der Waals surface area (Å²) in [6, 6.07) is 6.18. The zero-order chi connectivity index (χ0) is 10.5. The number of halogens is 1. The fraction of sp³-hybridized carbons (Fsp3) is 0.500. The van der Waals surface area contributed by atoms with Crippen LogP contribution in [-0.2, 0) is 0 Å². The summed E-state index contributed by atoms with van der Waals surface area (Å²) >= 11 is 0. The molecule has 0 spiro atoms. The molecule has 2 rings (SSSR count). The number of benzene rings is 1. The van der Waals surface area contributed by atoms with Crippen LogP contribution in [0.1, 0.15) is 19.3 Å². The fourth-order valence-electron chi connectivity index (χ4n) is 1.79. The molecule has 1 fully saturated rings. The van der Waals surface area contributed by atoms with Crippen molar-refractivity contribution in [3.8, 4) is 5.75 Å². The molecule has 0 N–H and O–H groups in total. The van der Waals surface area contributed by atoms with E-state index >= 15 is 0 Å². The molecule has 3 heteroatoms. The third-order valence-electron chi connectivity index (χ3n) is 2.68. The second-order valence-electron chi connectivity index (χ2n) is 3.91. The highest BCUT2D eigenvalue weighted by Gasteiger charge is 2.09. The predicted octanol–water partition coefficient (Wildman–Crippen LogP) is 2.65. The number of likely N-dealkylation sites (tertiary alicyclic amines) is 1. The van der Waals surface area contributed by atoms with Crippen molar-refractivity contribution in [1.29, 1.82) is 0 Å². The molecule has 1 aliphatic heterocycles. The van der Waals surface area contributed by atoms with Gasteiger partial charge in [-0.05, 0) is 37.1 Å². The molecule has 0 aromatic heterocycles. The van der Waals surface area contributed by atoms with Crippen LogP contribution in [-0.4, -0.2) is 24.7 Å². The molecular formula is C12H16FNO. The molecule has 0 bridgehead atoms. The van der Waals surface area contributed by atoms with E-state index in [-0.39, 0.29) is 5.82 Å². The Balaban J connectivity index is 1.79. The second kappa shape index (κ2) is 5.12. The van der Waals surface area contributed by atoms with Gasteiger partial charge >= 0.3 is 0 Å². The second-order valence-corrected chi connectivity index (χ2v) is 3.91. The zero-order valence-electron chi connectivity index (χ0n) is 8.79. The number of piperidine rings is 1. The molecule has 1 aromatic rings. The Bertz CT molecular complexity index is 293. The van der Waals surface area contributed by atoms with Crippen molar-refractivity contribution >= 4 is 0 Å². The van der Waals surface area contributed by atoms with Crippen molar-refractivity contribution in [3.05, 3.63) is 30.1 Å². The van der Waals surface area contributed by atoms with E-state index in [1.54, 1.807) is 12.1 Å². The van der Waals surface area contributed by atoms with Gasteiger partial charge in [0, 0.05) is 13.1 Å². The Morgan fingerprint density at radius 2 is 1.73 bits per heavy atom. The Morgan fingerprint density at radius 3 is 2.40 bits per heavy atom. The molecule has 0 aliphatic carbocycles. The summed E-state index contributed by atoms with van der Waals surface area (Å²) in [6.07, 6.45) is 3.84. The van der Waals surface area contributed by atoms with E-state index in [4.69, 9.17) is 4.74 Å². The van der Waals surface area contributed by atoms with E-state index in [1.165, 1.54) is 31.4 Å². The molecule has 0 amide bonds. The van der Waals surface area contributed by atoms with Gasteiger partial charge in [-0.15, -0.1) is 0 Å². The maximum absolute atomic E-state index is 12.6. The highest BCUT2D eigenvalue weighted by molar-refractivity contribution is 5.21. The van der Waals surface area contributed by atoms with Crippen molar-refractivity contribution in [2.24, 2.45) is 0 Å². The van der Waals surface area contributed by atoms with Crippen LogP contribution in [0.5, 0.6) is 5.75 Å². The monoisotopic (exact) mass is 209 g/mol. The molecule has 15 heavy (non-hydrogen) atoms. The minimum absolute atomic E-state index is 0.222. The van der Waals surface area contributed by atoms with Crippen LogP contribution in [0.2, 0.25) is 0 Å². The summed E-state index contributed by atoms with van der Waals surface area (Å²) in [6.45, 7) is 2.84. The number of hydrogen-bond donors (Lipinski definition) is 0. The summed E-state index contributed by atoms with van der Waals surface area (Å²) in [4.78, 5) is 2.28. The Hall–Kier alpha value is -1.09. The lowest BCUT2D eigenvalue weighted by molar-refractivity contribution is 0.106. The first-order chi connectivity index (χ1) is 7.34. The lowest BCUT2D eigenvalue weighted by atomic mass is 10.1. The van der Waals surface area contributed by atoms with Gasteiger partial charge in [0.1, 0.15) is 18.3 Å². The summed E-state index contributed by atoms with van der Waals surface area (Å²) in [5.41, 5.74) is 0. The average molecular weight is 209 g/mol. The molecule has 0 atom stereocenters. The van der Waals surface area contributed by atoms with Crippen molar-refractivity contribution in [2.75, 3.05) is 19.8 Å². The summed E-state index contributed by atoms with van der Waals surface area (Å²) in [7, 11) is 0. The van der Waals surface area contributed by atoms with Gasteiger partial charge in [0.2, 0.25) is 0 Å². The zero-order valence-corrected chi connectivity index (χ0v) is 8.79. The van der Waals surface area contributed by atoms with E-state index < -0.39 is 0 Å². The van der Waals surface area contributed by atoms with Crippen LogP contribution < -0.4 is 4.74 Å². The Labute approximate surface area is 89.7 Å². The standard InChI is InChI=1S/C12H16FNO/c13-11-4-6-12(7-5-11)15-10-14-8-2-1-3-9-14/h4-7H,1-3,8-10H2. The highest BCUT2D eigenvalue weighted by atomic mass is 19.1. The van der Waals surface area contributed by atoms with Crippen molar-refractivity contribution in [2.45, 2.75) is 19.3 Å². The van der Waals surface area contributed by atoms with Gasteiger partial charge in [-0.1, -0.05) is 6.42 Å². The van der Waals surface area contributed by atoms with Crippen LogP contribution in [0.25, 0.3) is 0 Å². The van der Waals surface area contributed by atoms with Gasteiger partial charge in [-0.25, -0.2) is 4.39 Å². The lowest BCUT2D eigenvalue weighted by Crippen LogP contribution is -2.33. The van der Waals surface area contributed by atoms with Crippen LogP contribution in [0.4, 0.5) is 4.39 Å².